The molecule has 0 bridgehead atoms. The highest BCUT2D eigenvalue weighted by Gasteiger charge is 2.53. The molecule has 3 rings (SSSR count). The van der Waals surface area contributed by atoms with E-state index in [1.807, 2.05) is 25.1 Å². The van der Waals surface area contributed by atoms with Crippen molar-refractivity contribution < 1.29 is 13.9 Å². The Bertz CT molecular complexity index is 690. The van der Waals surface area contributed by atoms with Crippen molar-refractivity contribution in [2.24, 2.45) is 5.92 Å². The molecule has 0 radical (unpaired) electrons. The topological polar surface area (TPSA) is 48.7 Å². The van der Waals surface area contributed by atoms with Crippen LogP contribution in [0.3, 0.4) is 0 Å². The zero-order valence-corrected chi connectivity index (χ0v) is 12.4. The summed E-state index contributed by atoms with van der Waals surface area (Å²) in [5.41, 5.74) is 0.575. The maximum atomic E-state index is 12.2. The molecule has 1 heterocycles. The van der Waals surface area contributed by atoms with Crippen LogP contribution < -0.4 is 5.43 Å². The lowest BCUT2D eigenvalue weighted by molar-refractivity contribution is -0.0542. The number of rotatable bonds is 6. The van der Waals surface area contributed by atoms with E-state index in [1.54, 1.807) is 12.1 Å². The van der Waals surface area contributed by atoms with Crippen LogP contribution in [0.1, 0.15) is 26.0 Å². The molecule has 0 saturated heterocycles. The molecule has 1 aromatic heterocycles. The summed E-state index contributed by atoms with van der Waals surface area (Å²) >= 11 is 0. The Labute approximate surface area is 123 Å². The van der Waals surface area contributed by atoms with Crippen LogP contribution in [0.2, 0.25) is 0 Å². The van der Waals surface area contributed by atoms with Crippen molar-refractivity contribution in [3.8, 4) is 0 Å². The summed E-state index contributed by atoms with van der Waals surface area (Å²) < 4.78 is 16.6. The standard InChI is InChI=1S/C17H20O4/c1-3-19-11-20-10-12-9-17(12,2)16-8-14(18)13-6-4-5-7-15(13)21-16/h4-8,12H,3,9-11H2,1-2H3/t12-,17-/m0/s1. The highest BCUT2D eigenvalue weighted by Crippen LogP contribution is 2.54. The molecule has 0 spiro atoms. The molecule has 0 amide bonds. The van der Waals surface area contributed by atoms with E-state index < -0.39 is 0 Å². The van der Waals surface area contributed by atoms with Gasteiger partial charge in [-0.05, 0) is 31.4 Å². The molecule has 1 aromatic carbocycles. The van der Waals surface area contributed by atoms with E-state index in [0.717, 1.165) is 12.2 Å². The van der Waals surface area contributed by atoms with Gasteiger partial charge in [0.1, 0.15) is 18.1 Å². The van der Waals surface area contributed by atoms with Crippen LogP contribution in [0.5, 0.6) is 0 Å². The Morgan fingerprint density at radius 3 is 2.95 bits per heavy atom. The minimum Gasteiger partial charge on any atom is -0.460 e. The summed E-state index contributed by atoms with van der Waals surface area (Å²) in [6.45, 7) is 5.67. The lowest BCUT2D eigenvalue weighted by Crippen LogP contribution is -2.13. The van der Waals surface area contributed by atoms with Crippen LogP contribution in [0.25, 0.3) is 11.0 Å². The van der Waals surface area contributed by atoms with E-state index in [4.69, 9.17) is 13.9 Å². The fourth-order valence-electron chi connectivity index (χ4n) is 2.72. The van der Waals surface area contributed by atoms with Gasteiger partial charge in [0.25, 0.3) is 0 Å². The summed E-state index contributed by atoms with van der Waals surface area (Å²) in [5, 5.41) is 0.634. The third kappa shape index (κ3) is 2.74. The molecule has 1 saturated carbocycles. The molecule has 2 atom stereocenters. The molecular formula is C17H20O4. The Kier molecular flexibility index (Phi) is 3.83. The lowest BCUT2D eigenvalue weighted by atomic mass is 10.0. The van der Waals surface area contributed by atoms with Gasteiger partial charge in [-0.2, -0.15) is 0 Å². The SMILES string of the molecule is CCOCOC[C@@H]1C[C@]1(C)c1cc(=O)c2ccccc2o1. The quantitative estimate of drug-likeness (QED) is 0.605. The molecule has 0 unspecified atom stereocenters. The van der Waals surface area contributed by atoms with Gasteiger partial charge in [0, 0.05) is 18.1 Å². The highest BCUT2D eigenvalue weighted by atomic mass is 16.7. The number of para-hydroxylation sites is 1. The summed E-state index contributed by atoms with van der Waals surface area (Å²) in [7, 11) is 0. The Morgan fingerprint density at radius 2 is 2.14 bits per heavy atom. The first kappa shape index (κ1) is 14.3. The maximum Gasteiger partial charge on any atom is 0.192 e. The van der Waals surface area contributed by atoms with Gasteiger partial charge in [0.15, 0.2) is 5.43 Å². The predicted molar refractivity (Wildman–Crippen MR) is 80.4 cm³/mol. The fraction of sp³-hybridized carbons (Fsp3) is 0.471. The molecule has 4 nitrogen and oxygen atoms in total. The second-order valence-corrected chi connectivity index (χ2v) is 5.77. The van der Waals surface area contributed by atoms with Gasteiger partial charge in [0.05, 0.1) is 12.0 Å². The minimum absolute atomic E-state index is 0.0222. The first-order chi connectivity index (χ1) is 10.1. The molecule has 1 aliphatic carbocycles. The number of hydrogen-bond acceptors (Lipinski definition) is 4. The second-order valence-electron chi connectivity index (χ2n) is 5.77. The predicted octanol–water partition coefficient (Wildman–Crippen LogP) is 3.08. The molecule has 2 aromatic rings. The third-order valence-corrected chi connectivity index (χ3v) is 4.30. The highest BCUT2D eigenvalue weighted by molar-refractivity contribution is 5.76. The number of ether oxygens (including phenoxy) is 2. The van der Waals surface area contributed by atoms with Gasteiger partial charge in [-0.1, -0.05) is 19.1 Å². The van der Waals surface area contributed by atoms with E-state index in [2.05, 4.69) is 6.92 Å². The zero-order valence-electron chi connectivity index (χ0n) is 12.4. The molecule has 1 fully saturated rings. The largest absolute Gasteiger partial charge is 0.460 e. The van der Waals surface area contributed by atoms with Crippen molar-refractivity contribution >= 4 is 11.0 Å². The van der Waals surface area contributed by atoms with Crippen molar-refractivity contribution in [3.63, 3.8) is 0 Å². The summed E-state index contributed by atoms with van der Waals surface area (Å²) in [4.78, 5) is 12.2. The van der Waals surface area contributed by atoms with E-state index in [0.29, 0.717) is 36.9 Å². The molecule has 0 N–H and O–H groups in total. The van der Waals surface area contributed by atoms with Crippen molar-refractivity contribution in [1.29, 1.82) is 0 Å². The van der Waals surface area contributed by atoms with Crippen molar-refractivity contribution in [1.82, 2.24) is 0 Å². The van der Waals surface area contributed by atoms with Crippen molar-refractivity contribution in [2.75, 3.05) is 20.0 Å². The monoisotopic (exact) mass is 288 g/mol. The summed E-state index contributed by atoms with van der Waals surface area (Å²) in [5.74, 6) is 1.14. The fourth-order valence-corrected chi connectivity index (χ4v) is 2.72. The smallest absolute Gasteiger partial charge is 0.192 e. The van der Waals surface area contributed by atoms with Gasteiger partial charge in [-0.3, -0.25) is 4.79 Å². The van der Waals surface area contributed by atoms with E-state index >= 15 is 0 Å². The van der Waals surface area contributed by atoms with Crippen LogP contribution in [0, 0.1) is 5.92 Å². The number of fused-ring (bicyclic) bond motifs is 1. The average molecular weight is 288 g/mol. The molecule has 1 aliphatic rings. The lowest BCUT2D eigenvalue weighted by Gasteiger charge is -2.11. The summed E-state index contributed by atoms with van der Waals surface area (Å²) in [6.07, 6.45) is 0.973. The molecule has 112 valence electrons. The Hall–Kier alpha value is -1.65. The molecular weight excluding hydrogens is 268 g/mol. The maximum absolute atomic E-state index is 12.2. The van der Waals surface area contributed by atoms with Crippen LogP contribution in [-0.2, 0) is 14.9 Å². The van der Waals surface area contributed by atoms with Crippen LogP contribution in [0.4, 0.5) is 0 Å². The Morgan fingerprint density at radius 1 is 1.33 bits per heavy atom. The second kappa shape index (κ2) is 5.62. The van der Waals surface area contributed by atoms with Gasteiger partial charge >= 0.3 is 0 Å². The van der Waals surface area contributed by atoms with Crippen LogP contribution >= 0.6 is 0 Å². The van der Waals surface area contributed by atoms with Crippen LogP contribution in [0.15, 0.2) is 39.5 Å². The first-order valence-electron chi connectivity index (χ1n) is 7.34. The zero-order chi connectivity index (χ0) is 14.9. The summed E-state index contributed by atoms with van der Waals surface area (Å²) in [6, 6.07) is 9.00. The van der Waals surface area contributed by atoms with E-state index in [1.165, 1.54) is 0 Å². The minimum atomic E-state index is -0.102. The third-order valence-electron chi connectivity index (χ3n) is 4.30. The normalized spacial score (nSPS) is 24.4. The van der Waals surface area contributed by atoms with Crippen molar-refractivity contribution in [3.05, 3.63) is 46.3 Å². The van der Waals surface area contributed by atoms with E-state index in [9.17, 15) is 4.79 Å². The van der Waals surface area contributed by atoms with E-state index in [-0.39, 0.29) is 10.8 Å². The van der Waals surface area contributed by atoms with Crippen molar-refractivity contribution in [2.45, 2.75) is 25.7 Å². The van der Waals surface area contributed by atoms with Gasteiger partial charge in [-0.25, -0.2) is 0 Å². The van der Waals surface area contributed by atoms with Gasteiger partial charge in [0.2, 0.25) is 0 Å². The Balaban J connectivity index is 1.77. The van der Waals surface area contributed by atoms with Crippen LogP contribution in [-0.4, -0.2) is 20.0 Å². The molecule has 21 heavy (non-hydrogen) atoms. The number of benzene rings is 1. The number of hydrogen-bond donors (Lipinski definition) is 0. The molecule has 4 heteroatoms. The first-order valence-corrected chi connectivity index (χ1v) is 7.34. The average Bonchev–Trinajstić information content (AvgIpc) is 3.16. The van der Waals surface area contributed by atoms with Gasteiger partial charge in [-0.15, -0.1) is 0 Å². The molecule has 0 aliphatic heterocycles. The van der Waals surface area contributed by atoms with Gasteiger partial charge < -0.3 is 13.9 Å².